The van der Waals surface area contributed by atoms with Gasteiger partial charge in [0.15, 0.2) is 0 Å². The van der Waals surface area contributed by atoms with Gasteiger partial charge in [-0.05, 0) is 30.9 Å². The maximum atomic E-state index is 11.2. The van der Waals surface area contributed by atoms with E-state index in [0.717, 1.165) is 12.0 Å². The highest BCUT2D eigenvalue weighted by Crippen LogP contribution is 2.29. The minimum atomic E-state index is -1.01. The van der Waals surface area contributed by atoms with Crippen LogP contribution in [-0.2, 0) is 0 Å². The van der Waals surface area contributed by atoms with E-state index < -0.39 is 12.1 Å². The van der Waals surface area contributed by atoms with Gasteiger partial charge in [-0.2, -0.15) is 0 Å². The minimum absolute atomic E-state index is 0.151. The summed E-state index contributed by atoms with van der Waals surface area (Å²) in [4.78, 5) is 11.2. The van der Waals surface area contributed by atoms with Crippen LogP contribution in [0.1, 0.15) is 48.0 Å². The minimum Gasteiger partial charge on any atom is -0.490 e. The maximum Gasteiger partial charge on any atom is 0.339 e. The highest BCUT2D eigenvalue weighted by molar-refractivity contribution is 5.91. The first-order chi connectivity index (χ1) is 9.58. The Morgan fingerprint density at radius 3 is 2.75 bits per heavy atom. The molecular formula is C16H22O4. The van der Waals surface area contributed by atoms with E-state index in [2.05, 4.69) is 0 Å². The molecule has 0 saturated heterocycles. The van der Waals surface area contributed by atoms with Crippen molar-refractivity contribution in [1.82, 2.24) is 0 Å². The van der Waals surface area contributed by atoms with E-state index >= 15 is 0 Å². The fourth-order valence-electron chi connectivity index (χ4n) is 2.89. The molecule has 1 aliphatic rings. The van der Waals surface area contributed by atoms with Crippen molar-refractivity contribution < 1.29 is 19.7 Å². The number of aromatic carboxylic acids is 1. The molecule has 1 unspecified atom stereocenters. The maximum absolute atomic E-state index is 11.2. The van der Waals surface area contributed by atoms with Crippen LogP contribution in [0.2, 0.25) is 0 Å². The number of hydrogen-bond acceptors (Lipinski definition) is 3. The number of carboxylic acids is 1. The third kappa shape index (κ3) is 3.73. The van der Waals surface area contributed by atoms with Crippen molar-refractivity contribution in [3.05, 3.63) is 29.3 Å². The molecule has 2 N–H and O–H groups in total. The van der Waals surface area contributed by atoms with Crippen molar-refractivity contribution in [1.29, 1.82) is 0 Å². The lowest BCUT2D eigenvalue weighted by molar-refractivity contribution is 0.0671. The molecule has 0 amide bonds. The molecule has 4 nitrogen and oxygen atoms in total. The van der Waals surface area contributed by atoms with E-state index in [1.54, 1.807) is 6.07 Å². The van der Waals surface area contributed by atoms with Crippen molar-refractivity contribution in [2.24, 2.45) is 5.92 Å². The summed E-state index contributed by atoms with van der Waals surface area (Å²) in [5.41, 5.74) is 0.927. The lowest BCUT2D eigenvalue weighted by Crippen LogP contribution is -2.21. The van der Waals surface area contributed by atoms with E-state index in [1.807, 2.05) is 13.0 Å². The van der Waals surface area contributed by atoms with Crippen molar-refractivity contribution in [2.75, 3.05) is 6.61 Å². The third-order valence-electron chi connectivity index (χ3n) is 3.94. The molecule has 1 saturated carbocycles. The molecule has 2 rings (SSSR count). The summed E-state index contributed by atoms with van der Waals surface area (Å²) in [6, 6.07) is 5.03. The van der Waals surface area contributed by atoms with E-state index in [9.17, 15) is 9.90 Å². The van der Waals surface area contributed by atoms with Crippen LogP contribution in [0, 0.1) is 12.8 Å². The van der Waals surface area contributed by atoms with Crippen LogP contribution in [0.25, 0.3) is 0 Å². The van der Waals surface area contributed by atoms with Gasteiger partial charge in [-0.1, -0.05) is 37.8 Å². The Morgan fingerprint density at radius 1 is 1.40 bits per heavy atom. The molecule has 0 heterocycles. The number of carbonyl (C=O) groups is 1. The van der Waals surface area contributed by atoms with Crippen molar-refractivity contribution in [3.8, 4) is 5.75 Å². The molecule has 1 fully saturated rings. The summed E-state index contributed by atoms with van der Waals surface area (Å²) in [5, 5.41) is 19.2. The molecule has 1 aliphatic carbocycles. The van der Waals surface area contributed by atoms with Crippen LogP contribution in [0.3, 0.4) is 0 Å². The number of benzene rings is 1. The zero-order valence-electron chi connectivity index (χ0n) is 11.8. The fourth-order valence-corrected chi connectivity index (χ4v) is 2.89. The number of aliphatic hydroxyl groups is 1. The van der Waals surface area contributed by atoms with Gasteiger partial charge >= 0.3 is 5.97 Å². The van der Waals surface area contributed by atoms with Crippen LogP contribution < -0.4 is 4.74 Å². The van der Waals surface area contributed by atoms with Gasteiger partial charge < -0.3 is 14.9 Å². The first kappa shape index (κ1) is 14.9. The second kappa shape index (κ2) is 6.75. The van der Waals surface area contributed by atoms with Crippen molar-refractivity contribution >= 4 is 5.97 Å². The Labute approximate surface area is 119 Å². The highest BCUT2D eigenvalue weighted by Gasteiger charge is 2.20. The SMILES string of the molecule is Cc1cccc(C(=O)O)c1OCC(O)CC1CCCC1. The fraction of sp³-hybridized carbons (Fsp3) is 0.562. The summed E-state index contributed by atoms with van der Waals surface area (Å²) in [6.07, 6.45) is 5.08. The Hall–Kier alpha value is -1.55. The second-order valence-corrected chi connectivity index (χ2v) is 5.61. The van der Waals surface area contributed by atoms with Crippen LogP contribution in [0.5, 0.6) is 5.75 Å². The quantitative estimate of drug-likeness (QED) is 0.839. The van der Waals surface area contributed by atoms with Gasteiger partial charge in [-0.25, -0.2) is 4.79 Å². The zero-order chi connectivity index (χ0) is 14.5. The van der Waals surface area contributed by atoms with Gasteiger partial charge in [0.05, 0.1) is 6.10 Å². The van der Waals surface area contributed by atoms with Crippen molar-refractivity contribution in [2.45, 2.75) is 45.1 Å². The number of para-hydroxylation sites is 1. The van der Waals surface area contributed by atoms with Gasteiger partial charge in [0, 0.05) is 0 Å². The number of rotatable bonds is 6. The monoisotopic (exact) mass is 278 g/mol. The number of carboxylic acid groups (broad SMARTS) is 1. The molecule has 110 valence electrons. The molecule has 1 aromatic carbocycles. The normalized spacial score (nSPS) is 17.1. The molecule has 0 spiro atoms. The second-order valence-electron chi connectivity index (χ2n) is 5.61. The average molecular weight is 278 g/mol. The summed E-state index contributed by atoms with van der Waals surface area (Å²) < 4.78 is 5.57. The first-order valence-corrected chi connectivity index (χ1v) is 7.21. The molecule has 1 atom stereocenters. The van der Waals surface area contributed by atoms with E-state index in [0.29, 0.717) is 11.7 Å². The molecule has 0 radical (unpaired) electrons. The molecular weight excluding hydrogens is 256 g/mol. The molecule has 1 aromatic rings. The van der Waals surface area contributed by atoms with E-state index in [4.69, 9.17) is 9.84 Å². The Bertz CT molecular complexity index is 464. The number of aliphatic hydroxyl groups excluding tert-OH is 1. The zero-order valence-corrected chi connectivity index (χ0v) is 11.8. The average Bonchev–Trinajstić information content (AvgIpc) is 2.89. The van der Waals surface area contributed by atoms with Crippen LogP contribution >= 0.6 is 0 Å². The van der Waals surface area contributed by atoms with Gasteiger partial charge in [0.1, 0.15) is 17.9 Å². The topological polar surface area (TPSA) is 66.8 Å². The van der Waals surface area contributed by atoms with Crippen LogP contribution in [0.4, 0.5) is 0 Å². The number of aryl methyl sites for hydroxylation is 1. The van der Waals surface area contributed by atoms with Gasteiger partial charge in [-0.15, -0.1) is 0 Å². The lowest BCUT2D eigenvalue weighted by Gasteiger charge is -2.18. The Balaban J connectivity index is 1.94. The molecule has 4 heteroatoms. The highest BCUT2D eigenvalue weighted by atomic mass is 16.5. The molecule has 0 aliphatic heterocycles. The van der Waals surface area contributed by atoms with Gasteiger partial charge in [-0.3, -0.25) is 0 Å². The van der Waals surface area contributed by atoms with Crippen molar-refractivity contribution in [3.63, 3.8) is 0 Å². The number of hydrogen-bond donors (Lipinski definition) is 2. The smallest absolute Gasteiger partial charge is 0.339 e. The van der Waals surface area contributed by atoms with Crippen LogP contribution in [0.15, 0.2) is 18.2 Å². The molecule has 20 heavy (non-hydrogen) atoms. The Kier molecular flexibility index (Phi) is 5.01. The lowest BCUT2D eigenvalue weighted by atomic mass is 10.0. The van der Waals surface area contributed by atoms with E-state index in [1.165, 1.54) is 31.7 Å². The number of ether oxygens (including phenoxy) is 1. The third-order valence-corrected chi connectivity index (χ3v) is 3.94. The Morgan fingerprint density at radius 2 is 2.10 bits per heavy atom. The molecule has 0 bridgehead atoms. The van der Waals surface area contributed by atoms with Gasteiger partial charge in [0.2, 0.25) is 0 Å². The summed E-state index contributed by atoms with van der Waals surface area (Å²) in [6.45, 7) is 1.97. The summed E-state index contributed by atoms with van der Waals surface area (Å²) in [7, 11) is 0. The van der Waals surface area contributed by atoms with Crippen LogP contribution in [-0.4, -0.2) is 28.9 Å². The van der Waals surface area contributed by atoms with E-state index in [-0.39, 0.29) is 12.2 Å². The predicted octanol–water partition coefficient (Wildman–Crippen LogP) is 3.01. The first-order valence-electron chi connectivity index (χ1n) is 7.21. The summed E-state index contributed by atoms with van der Waals surface area (Å²) >= 11 is 0. The van der Waals surface area contributed by atoms with Gasteiger partial charge in [0.25, 0.3) is 0 Å². The summed E-state index contributed by atoms with van der Waals surface area (Å²) in [5.74, 6) is -0.0520. The standard InChI is InChI=1S/C16H22O4/c1-11-5-4-8-14(16(18)19)15(11)20-10-13(17)9-12-6-2-3-7-12/h4-5,8,12-13,17H,2-3,6-7,9-10H2,1H3,(H,18,19). The molecule has 0 aromatic heterocycles. The predicted molar refractivity (Wildman–Crippen MR) is 76.2 cm³/mol. The largest absolute Gasteiger partial charge is 0.490 e.